The second-order valence-corrected chi connectivity index (χ2v) is 11.9. The predicted molar refractivity (Wildman–Crippen MR) is 129 cm³/mol. The third kappa shape index (κ3) is 3.14. The zero-order valence-electron chi connectivity index (χ0n) is 19.8. The number of aliphatic imine (C=N–C) groups is 1. The number of hydrogen-bond acceptors (Lipinski definition) is 3. The monoisotopic (exact) mass is 433 g/mol. The highest BCUT2D eigenvalue weighted by Crippen LogP contribution is 2.67. The molecule has 4 aliphatic carbocycles. The quantitative estimate of drug-likeness (QED) is 0.567. The van der Waals surface area contributed by atoms with Crippen LogP contribution >= 0.6 is 0 Å². The summed E-state index contributed by atoms with van der Waals surface area (Å²) < 4.78 is 6.63. The second-order valence-electron chi connectivity index (χ2n) is 11.9. The minimum atomic E-state index is -0.112. The molecule has 0 radical (unpaired) electrons. The first-order chi connectivity index (χ1) is 15.5. The van der Waals surface area contributed by atoms with Gasteiger partial charge in [0, 0.05) is 24.4 Å². The predicted octanol–water partition coefficient (Wildman–Crippen LogP) is 6.16. The van der Waals surface area contributed by atoms with Crippen LogP contribution in [-0.2, 0) is 4.74 Å². The summed E-state index contributed by atoms with van der Waals surface area (Å²) >= 11 is 0. The molecule has 1 heterocycles. The van der Waals surface area contributed by atoms with Gasteiger partial charge in [-0.05, 0) is 92.1 Å². The molecule has 3 saturated carbocycles. The Morgan fingerprint density at radius 3 is 2.59 bits per heavy atom. The van der Waals surface area contributed by atoms with Crippen LogP contribution < -0.4 is 0 Å². The van der Waals surface area contributed by atoms with Gasteiger partial charge in [-0.2, -0.15) is 0 Å². The van der Waals surface area contributed by atoms with Crippen LogP contribution in [0.1, 0.15) is 77.2 Å². The lowest BCUT2D eigenvalue weighted by atomic mass is 9.47. The molecule has 0 bridgehead atoms. The van der Waals surface area contributed by atoms with Crippen molar-refractivity contribution in [1.29, 1.82) is 0 Å². The van der Waals surface area contributed by atoms with Gasteiger partial charge >= 0.3 is 0 Å². The SMILES string of the molecule is C[C@]12CC[C@H]3[C@@H](CC=C4C[C@@H](O)CC[C@@]43C)[C@@H]1CC[C@@H]2[C@H]1CCN=C(c2ccccc2)O1. The lowest BCUT2D eigenvalue weighted by Crippen LogP contribution is -2.51. The smallest absolute Gasteiger partial charge is 0.216 e. The van der Waals surface area contributed by atoms with Gasteiger partial charge in [0.2, 0.25) is 5.90 Å². The highest BCUT2D eigenvalue weighted by Gasteiger charge is 2.60. The van der Waals surface area contributed by atoms with Crippen LogP contribution in [0.5, 0.6) is 0 Å². The van der Waals surface area contributed by atoms with E-state index in [0.717, 1.165) is 55.0 Å². The Balaban J connectivity index is 1.23. The molecule has 0 unspecified atom stereocenters. The van der Waals surface area contributed by atoms with Gasteiger partial charge in [0.05, 0.1) is 6.10 Å². The summed E-state index contributed by atoms with van der Waals surface area (Å²) in [7, 11) is 0. The van der Waals surface area contributed by atoms with Crippen LogP contribution in [0, 0.1) is 34.5 Å². The first-order valence-electron chi connectivity index (χ1n) is 13.1. The Morgan fingerprint density at radius 2 is 1.75 bits per heavy atom. The van der Waals surface area contributed by atoms with Gasteiger partial charge < -0.3 is 9.84 Å². The number of ether oxygens (including phenoxy) is 1. The minimum Gasteiger partial charge on any atom is -0.474 e. The summed E-state index contributed by atoms with van der Waals surface area (Å²) in [5.41, 5.74) is 3.42. The van der Waals surface area contributed by atoms with E-state index in [9.17, 15) is 5.11 Å². The van der Waals surface area contributed by atoms with Gasteiger partial charge in [-0.15, -0.1) is 0 Å². The maximum Gasteiger partial charge on any atom is 0.216 e. The topological polar surface area (TPSA) is 41.8 Å². The Hall–Kier alpha value is -1.61. The molecule has 1 aromatic rings. The molecule has 0 saturated heterocycles. The van der Waals surface area contributed by atoms with E-state index in [0.29, 0.717) is 22.9 Å². The van der Waals surface area contributed by atoms with E-state index in [4.69, 9.17) is 9.73 Å². The Kier molecular flexibility index (Phi) is 5.06. The number of aliphatic hydroxyl groups is 1. The summed E-state index contributed by atoms with van der Waals surface area (Å²) in [6.45, 7) is 6.03. The fourth-order valence-electron chi connectivity index (χ4n) is 8.85. The van der Waals surface area contributed by atoms with Crippen LogP contribution in [0.4, 0.5) is 0 Å². The molecule has 1 aromatic carbocycles. The van der Waals surface area contributed by atoms with Crippen molar-refractivity contribution in [2.45, 2.75) is 83.8 Å². The standard InChI is InChI=1S/C29H39NO2/c1-28-15-12-21(31)18-20(28)8-9-22-23-10-11-25(29(23,2)16-13-24(22)28)26-14-17-30-27(32-26)19-6-4-3-5-7-19/h3-8,21-26,31H,9-18H2,1-2H3/t21-,22-,23-,24-,25+,26+,28-,29-/m0/s1. The summed E-state index contributed by atoms with van der Waals surface area (Å²) in [6, 6.07) is 10.5. The van der Waals surface area contributed by atoms with Crippen LogP contribution in [0.25, 0.3) is 0 Å². The molecular weight excluding hydrogens is 394 g/mol. The number of aliphatic hydroxyl groups excluding tert-OH is 1. The molecular formula is C29H39NO2. The summed E-state index contributed by atoms with van der Waals surface area (Å²) in [4.78, 5) is 4.74. The number of benzene rings is 1. The number of rotatable bonds is 2. The number of allylic oxidation sites excluding steroid dienone is 1. The zero-order chi connectivity index (χ0) is 21.9. The minimum absolute atomic E-state index is 0.112. The van der Waals surface area contributed by atoms with Crippen LogP contribution in [-0.4, -0.2) is 29.8 Å². The first kappa shape index (κ1) is 21.0. The van der Waals surface area contributed by atoms with Crippen molar-refractivity contribution >= 4 is 5.90 Å². The van der Waals surface area contributed by atoms with Gasteiger partial charge in [0.25, 0.3) is 0 Å². The molecule has 32 heavy (non-hydrogen) atoms. The highest BCUT2D eigenvalue weighted by atomic mass is 16.5. The summed E-state index contributed by atoms with van der Waals surface area (Å²) in [5, 5.41) is 10.3. The van der Waals surface area contributed by atoms with Crippen molar-refractivity contribution in [2.75, 3.05) is 6.54 Å². The van der Waals surface area contributed by atoms with Crippen molar-refractivity contribution in [3.63, 3.8) is 0 Å². The number of nitrogens with zero attached hydrogens (tertiary/aromatic N) is 1. The van der Waals surface area contributed by atoms with Crippen molar-refractivity contribution < 1.29 is 9.84 Å². The van der Waals surface area contributed by atoms with Gasteiger partial charge in [0.1, 0.15) is 6.10 Å². The molecule has 8 atom stereocenters. The Morgan fingerprint density at radius 1 is 0.938 bits per heavy atom. The fraction of sp³-hybridized carbons (Fsp3) is 0.690. The average Bonchev–Trinajstić information content (AvgIpc) is 3.17. The summed E-state index contributed by atoms with van der Waals surface area (Å²) in [5.74, 6) is 3.94. The van der Waals surface area contributed by atoms with E-state index in [1.54, 1.807) is 5.57 Å². The maximum atomic E-state index is 10.3. The van der Waals surface area contributed by atoms with Crippen LogP contribution in [0.15, 0.2) is 47.0 Å². The lowest BCUT2D eigenvalue weighted by molar-refractivity contribution is -0.0698. The molecule has 3 heteroatoms. The Bertz CT molecular complexity index is 922. The van der Waals surface area contributed by atoms with Crippen molar-refractivity contribution in [3.8, 4) is 0 Å². The van der Waals surface area contributed by atoms with E-state index < -0.39 is 0 Å². The highest BCUT2D eigenvalue weighted by molar-refractivity contribution is 5.94. The normalized spacial score (nSPS) is 45.6. The molecule has 1 N–H and O–H groups in total. The number of hydrogen-bond donors (Lipinski definition) is 1. The van der Waals surface area contributed by atoms with Gasteiger partial charge in [-0.1, -0.05) is 43.7 Å². The van der Waals surface area contributed by atoms with Gasteiger partial charge in [0.15, 0.2) is 0 Å². The molecule has 6 rings (SSSR count). The molecule has 0 spiro atoms. The largest absolute Gasteiger partial charge is 0.474 e. The summed E-state index contributed by atoms with van der Waals surface area (Å²) in [6.07, 6.45) is 13.5. The Labute approximate surface area is 193 Å². The molecule has 3 fully saturated rings. The van der Waals surface area contributed by atoms with Crippen LogP contribution in [0.2, 0.25) is 0 Å². The lowest BCUT2D eigenvalue weighted by Gasteiger charge is -2.58. The zero-order valence-corrected chi connectivity index (χ0v) is 19.8. The fourth-order valence-corrected chi connectivity index (χ4v) is 8.85. The molecule has 3 nitrogen and oxygen atoms in total. The number of fused-ring (bicyclic) bond motifs is 5. The van der Waals surface area contributed by atoms with Crippen molar-refractivity contribution in [3.05, 3.63) is 47.5 Å². The average molecular weight is 434 g/mol. The first-order valence-corrected chi connectivity index (χ1v) is 13.1. The molecule has 0 aromatic heterocycles. The van der Waals surface area contributed by atoms with E-state index >= 15 is 0 Å². The van der Waals surface area contributed by atoms with Crippen molar-refractivity contribution in [1.82, 2.24) is 0 Å². The second kappa shape index (κ2) is 7.72. The van der Waals surface area contributed by atoms with Gasteiger partial charge in [-0.3, -0.25) is 4.99 Å². The van der Waals surface area contributed by atoms with E-state index in [2.05, 4.69) is 50.3 Å². The molecule has 172 valence electrons. The van der Waals surface area contributed by atoms with E-state index in [1.807, 2.05) is 0 Å². The van der Waals surface area contributed by atoms with E-state index in [-0.39, 0.29) is 6.10 Å². The van der Waals surface area contributed by atoms with Gasteiger partial charge in [-0.25, -0.2) is 0 Å². The van der Waals surface area contributed by atoms with E-state index in [1.165, 1.54) is 38.5 Å². The van der Waals surface area contributed by atoms with Crippen LogP contribution in [0.3, 0.4) is 0 Å². The van der Waals surface area contributed by atoms with Crippen molar-refractivity contribution in [2.24, 2.45) is 39.5 Å². The molecule has 5 aliphatic rings. The third-order valence-electron chi connectivity index (χ3n) is 10.6. The maximum absolute atomic E-state index is 10.3. The third-order valence-corrected chi connectivity index (χ3v) is 10.6. The molecule has 1 aliphatic heterocycles. The molecule has 0 amide bonds.